The van der Waals surface area contributed by atoms with Gasteiger partial charge in [-0.3, -0.25) is 0 Å². The van der Waals surface area contributed by atoms with Crippen molar-refractivity contribution in [2.75, 3.05) is 5.88 Å². The highest BCUT2D eigenvalue weighted by Gasteiger charge is 1.80. The van der Waals surface area contributed by atoms with E-state index in [4.69, 9.17) is 16.9 Å². The fraction of sp³-hybridized carbons (Fsp3) is 0.800. The summed E-state index contributed by atoms with van der Waals surface area (Å²) >= 11 is 5.33. The van der Waals surface area contributed by atoms with Crippen LogP contribution in [0, 0.1) is 11.3 Å². The van der Waals surface area contributed by atoms with Crippen molar-refractivity contribution in [3.05, 3.63) is 0 Å². The molecule has 0 aliphatic carbocycles. The van der Waals surface area contributed by atoms with Crippen molar-refractivity contribution in [3.8, 4) is 6.07 Å². The van der Waals surface area contributed by atoms with Crippen LogP contribution in [-0.2, 0) is 0 Å². The average molecular weight is 118 g/mol. The summed E-state index contributed by atoms with van der Waals surface area (Å²) in [6, 6.07) is 2.04. The third-order valence-corrected chi connectivity index (χ3v) is 0.939. The summed E-state index contributed by atoms with van der Waals surface area (Å²) in [4.78, 5) is 0. The number of nitrogens with zero attached hydrogens (tertiary/aromatic N) is 1. The van der Waals surface area contributed by atoms with Gasteiger partial charge in [-0.2, -0.15) is 5.26 Å². The number of halogens is 1. The van der Waals surface area contributed by atoms with Crippen LogP contribution in [0.4, 0.5) is 0 Å². The zero-order chi connectivity index (χ0) is 5.54. The zero-order valence-corrected chi connectivity index (χ0v) is 4.91. The molecule has 0 radical (unpaired) electrons. The Morgan fingerprint density at radius 3 is 2.57 bits per heavy atom. The topological polar surface area (TPSA) is 23.8 Å². The predicted octanol–water partition coefficient (Wildman–Crippen LogP) is 1.92. The normalized spacial score (nSPS) is 8.00. The van der Waals surface area contributed by atoms with E-state index in [1.54, 1.807) is 0 Å². The lowest BCUT2D eigenvalue weighted by atomic mass is 10.3. The van der Waals surface area contributed by atoms with Gasteiger partial charge < -0.3 is 0 Å². The molecule has 0 heterocycles. The van der Waals surface area contributed by atoms with Crippen molar-refractivity contribution >= 4 is 11.6 Å². The van der Waals surface area contributed by atoms with Crippen LogP contribution in [-0.4, -0.2) is 5.88 Å². The van der Waals surface area contributed by atoms with Crippen LogP contribution < -0.4 is 0 Å². The molecule has 0 saturated carbocycles. The lowest BCUT2D eigenvalue weighted by Crippen LogP contribution is -1.72. The molecule has 0 atom stereocenters. The SMILES string of the molecule is N#CCCCCCl. The molecular weight excluding hydrogens is 110 g/mol. The summed E-state index contributed by atoms with van der Waals surface area (Å²) in [7, 11) is 0. The molecule has 1 nitrogen and oxygen atoms in total. The maximum Gasteiger partial charge on any atom is 0.0621 e. The maximum atomic E-state index is 8.00. The summed E-state index contributed by atoms with van der Waals surface area (Å²) < 4.78 is 0. The summed E-state index contributed by atoms with van der Waals surface area (Å²) in [5, 5.41) is 8.00. The van der Waals surface area contributed by atoms with E-state index < -0.39 is 0 Å². The quantitative estimate of drug-likeness (QED) is 0.409. The van der Waals surface area contributed by atoms with E-state index in [1.165, 1.54) is 0 Å². The minimum absolute atomic E-state index is 0.646. The van der Waals surface area contributed by atoms with E-state index in [1.807, 2.05) is 6.07 Å². The van der Waals surface area contributed by atoms with Crippen molar-refractivity contribution in [2.45, 2.75) is 19.3 Å². The monoisotopic (exact) mass is 117 g/mol. The van der Waals surface area contributed by atoms with E-state index in [0.29, 0.717) is 12.3 Å². The minimum atomic E-state index is 0.646. The Balaban J connectivity index is 2.60. The lowest BCUT2D eigenvalue weighted by molar-refractivity contribution is 0.827. The molecular formula is C5H8ClN. The van der Waals surface area contributed by atoms with Gasteiger partial charge in [0.25, 0.3) is 0 Å². The summed E-state index contributed by atoms with van der Waals surface area (Å²) in [5.41, 5.74) is 0. The molecule has 0 aromatic heterocycles. The fourth-order valence-corrected chi connectivity index (χ4v) is 0.488. The fourth-order valence-electron chi connectivity index (χ4n) is 0.299. The van der Waals surface area contributed by atoms with Gasteiger partial charge in [0.1, 0.15) is 0 Å². The van der Waals surface area contributed by atoms with E-state index >= 15 is 0 Å². The molecule has 0 aromatic rings. The second-order valence-electron chi connectivity index (χ2n) is 1.30. The molecule has 0 fully saturated rings. The van der Waals surface area contributed by atoms with Gasteiger partial charge >= 0.3 is 0 Å². The minimum Gasteiger partial charge on any atom is -0.198 e. The average Bonchev–Trinajstić information content (AvgIpc) is 1.69. The third kappa shape index (κ3) is 5.78. The molecule has 40 valence electrons. The van der Waals surface area contributed by atoms with Crippen LogP contribution in [0.3, 0.4) is 0 Å². The highest BCUT2D eigenvalue weighted by Crippen LogP contribution is 1.93. The molecule has 2 heteroatoms. The molecule has 0 amide bonds. The number of unbranched alkanes of at least 4 members (excludes halogenated alkanes) is 2. The molecule has 0 rings (SSSR count). The lowest BCUT2D eigenvalue weighted by Gasteiger charge is -1.83. The van der Waals surface area contributed by atoms with Gasteiger partial charge in [0.2, 0.25) is 0 Å². The Hall–Kier alpha value is -0.220. The summed E-state index contributed by atoms with van der Waals surface area (Å²) in [6.45, 7) is 0. The van der Waals surface area contributed by atoms with Crippen molar-refractivity contribution < 1.29 is 0 Å². The molecule has 0 spiro atoms. The van der Waals surface area contributed by atoms with Gasteiger partial charge in [0.05, 0.1) is 6.07 Å². The van der Waals surface area contributed by atoms with Gasteiger partial charge in [-0.25, -0.2) is 0 Å². The Labute approximate surface area is 48.9 Å². The van der Waals surface area contributed by atoms with Crippen LogP contribution in [0.15, 0.2) is 0 Å². The predicted molar refractivity (Wildman–Crippen MR) is 30.2 cm³/mol. The van der Waals surface area contributed by atoms with E-state index in [0.717, 1.165) is 12.8 Å². The standard InChI is InChI=1S/C5H8ClN/c6-4-2-1-3-5-7/h1-4H2. The largest absolute Gasteiger partial charge is 0.198 e. The summed E-state index contributed by atoms with van der Waals surface area (Å²) in [6.07, 6.45) is 2.56. The molecule has 0 saturated heterocycles. The molecule has 0 unspecified atom stereocenters. The Morgan fingerprint density at radius 2 is 2.14 bits per heavy atom. The van der Waals surface area contributed by atoms with Gasteiger partial charge in [-0.1, -0.05) is 0 Å². The van der Waals surface area contributed by atoms with E-state index in [9.17, 15) is 0 Å². The second kappa shape index (κ2) is 5.78. The molecule has 0 aromatic carbocycles. The van der Waals surface area contributed by atoms with Crippen LogP contribution in [0.1, 0.15) is 19.3 Å². The van der Waals surface area contributed by atoms with Crippen LogP contribution >= 0.6 is 11.6 Å². The molecule has 0 N–H and O–H groups in total. The summed E-state index contributed by atoms with van der Waals surface area (Å²) in [5.74, 6) is 0.682. The van der Waals surface area contributed by atoms with Crippen LogP contribution in [0.2, 0.25) is 0 Å². The second-order valence-corrected chi connectivity index (χ2v) is 1.68. The van der Waals surface area contributed by atoms with E-state index in [-0.39, 0.29) is 0 Å². The number of alkyl halides is 1. The van der Waals surface area contributed by atoms with Gasteiger partial charge in [0.15, 0.2) is 0 Å². The Bertz CT molecular complexity index is 65.0. The highest BCUT2D eigenvalue weighted by molar-refractivity contribution is 6.17. The first kappa shape index (κ1) is 6.78. The zero-order valence-electron chi connectivity index (χ0n) is 4.15. The molecule has 0 bridgehead atoms. The Kier molecular flexibility index (Phi) is 5.60. The van der Waals surface area contributed by atoms with Gasteiger partial charge in [-0.05, 0) is 12.8 Å². The van der Waals surface area contributed by atoms with Crippen molar-refractivity contribution in [1.29, 1.82) is 5.26 Å². The smallest absolute Gasteiger partial charge is 0.0621 e. The number of rotatable bonds is 3. The van der Waals surface area contributed by atoms with Crippen LogP contribution in [0.25, 0.3) is 0 Å². The van der Waals surface area contributed by atoms with E-state index in [2.05, 4.69) is 0 Å². The maximum absolute atomic E-state index is 8.00. The number of hydrogen-bond donors (Lipinski definition) is 0. The molecule has 0 aliphatic heterocycles. The van der Waals surface area contributed by atoms with Crippen molar-refractivity contribution in [3.63, 3.8) is 0 Å². The van der Waals surface area contributed by atoms with Gasteiger partial charge in [0, 0.05) is 12.3 Å². The molecule has 0 aliphatic rings. The van der Waals surface area contributed by atoms with Gasteiger partial charge in [-0.15, -0.1) is 11.6 Å². The Morgan fingerprint density at radius 1 is 1.43 bits per heavy atom. The highest BCUT2D eigenvalue weighted by atomic mass is 35.5. The first-order valence-corrected chi connectivity index (χ1v) is 2.88. The number of hydrogen-bond acceptors (Lipinski definition) is 1. The van der Waals surface area contributed by atoms with Crippen molar-refractivity contribution in [2.24, 2.45) is 0 Å². The molecule has 7 heavy (non-hydrogen) atoms. The van der Waals surface area contributed by atoms with Crippen LogP contribution in [0.5, 0.6) is 0 Å². The first-order valence-electron chi connectivity index (χ1n) is 2.34. The number of nitriles is 1. The first-order chi connectivity index (χ1) is 3.41. The third-order valence-electron chi connectivity index (χ3n) is 0.672. The van der Waals surface area contributed by atoms with Crippen molar-refractivity contribution in [1.82, 2.24) is 0 Å².